The number of likely N-dealkylation sites (N-methyl/N-ethyl adjacent to an activating group) is 1. The first-order valence-corrected chi connectivity index (χ1v) is 8.27. The summed E-state index contributed by atoms with van der Waals surface area (Å²) >= 11 is 3.39. The van der Waals surface area contributed by atoms with Crippen molar-refractivity contribution in [1.29, 1.82) is 0 Å². The normalized spacial score (nSPS) is 13.3. The molecule has 5 nitrogen and oxygen atoms in total. The van der Waals surface area contributed by atoms with Gasteiger partial charge in [0.25, 0.3) is 11.8 Å². The van der Waals surface area contributed by atoms with E-state index in [0.29, 0.717) is 0 Å². The van der Waals surface area contributed by atoms with Crippen molar-refractivity contribution >= 4 is 33.4 Å². The van der Waals surface area contributed by atoms with Gasteiger partial charge < -0.3 is 15.5 Å². The van der Waals surface area contributed by atoms with Gasteiger partial charge in [-0.2, -0.15) is 0 Å². The van der Waals surface area contributed by atoms with Gasteiger partial charge in [0.2, 0.25) is 0 Å². The van der Waals surface area contributed by atoms with E-state index in [1.54, 1.807) is 0 Å². The zero-order valence-electron chi connectivity index (χ0n) is 13.6. The number of hydrogen-bond acceptors (Lipinski definition) is 2. The molecular weight excluding hydrogens is 346 g/mol. The lowest BCUT2D eigenvalue weighted by Gasteiger charge is -2.16. The van der Waals surface area contributed by atoms with Crippen molar-refractivity contribution in [3.8, 4) is 0 Å². The predicted molar refractivity (Wildman–Crippen MR) is 92.0 cm³/mol. The third-order valence-electron chi connectivity index (χ3n) is 3.41. The SMILES string of the molecule is CC[C@H](C)NC(=O)C[NH+](C)CC(=O)Nc1ccc(Br)cc1C. The summed E-state index contributed by atoms with van der Waals surface area (Å²) in [7, 11) is 1.84. The molecule has 1 aromatic rings. The summed E-state index contributed by atoms with van der Waals surface area (Å²) in [6.07, 6.45) is 0.897. The molecule has 6 heteroatoms. The molecule has 2 atom stereocenters. The fourth-order valence-electron chi connectivity index (χ4n) is 2.00. The maximum absolute atomic E-state index is 12.0. The zero-order valence-corrected chi connectivity index (χ0v) is 15.2. The van der Waals surface area contributed by atoms with Crippen LogP contribution in [-0.4, -0.2) is 38.0 Å². The number of anilines is 1. The summed E-state index contributed by atoms with van der Waals surface area (Å²) in [5.41, 5.74) is 1.79. The van der Waals surface area contributed by atoms with Crippen molar-refractivity contribution in [1.82, 2.24) is 5.32 Å². The predicted octanol–water partition coefficient (Wildman–Crippen LogP) is 1.13. The Morgan fingerprint density at radius 3 is 2.50 bits per heavy atom. The van der Waals surface area contributed by atoms with E-state index in [4.69, 9.17) is 0 Å². The Hall–Kier alpha value is -1.40. The van der Waals surface area contributed by atoms with Crippen LogP contribution in [0.3, 0.4) is 0 Å². The number of amides is 2. The second-order valence-corrected chi connectivity index (χ2v) is 6.61. The molecule has 0 aliphatic carbocycles. The standard InChI is InChI=1S/C16H24BrN3O2/c1-5-12(3)18-15(21)9-20(4)10-16(22)19-14-7-6-13(17)8-11(14)2/h6-8,12H,5,9-10H2,1-4H3,(H,18,21)(H,19,22)/p+1/t12-/m0/s1. The van der Waals surface area contributed by atoms with Crippen molar-refractivity contribution in [3.63, 3.8) is 0 Å². The van der Waals surface area contributed by atoms with Gasteiger partial charge in [-0.05, 0) is 44.0 Å². The lowest BCUT2D eigenvalue weighted by Crippen LogP contribution is -3.11. The number of quaternary nitrogens is 1. The fraction of sp³-hybridized carbons (Fsp3) is 0.500. The molecule has 1 aromatic carbocycles. The van der Waals surface area contributed by atoms with Crippen LogP contribution in [0.2, 0.25) is 0 Å². The molecule has 0 saturated carbocycles. The van der Waals surface area contributed by atoms with Gasteiger partial charge in [0.05, 0.1) is 7.05 Å². The minimum absolute atomic E-state index is 0.0283. The van der Waals surface area contributed by atoms with E-state index in [-0.39, 0.29) is 30.9 Å². The van der Waals surface area contributed by atoms with Crippen LogP contribution in [0.4, 0.5) is 5.69 Å². The second kappa shape index (κ2) is 8.90. The van der Waals surface area contributed by atoms with Gasteiger partial charge in [-0.3, -0.25) is 9.59 Å². The van der Waals surface area contributed by atoms with E-state index in [1.807, 2.05) is 46.0 Å². The van der Waals surface area contributed by atoms with Crippen LogP contribution >= 0.6 is 15.9 Å². The van der Waals surface area contributed by atoms with Crippen molar-refractivity contribution < 1.29 is 14.5 Å². The van der Waals surface area contributed by atoms with Crippen LogP contribution in [0, 0.1) is 6.92 Å². The van der Waals surface area contributed by atoms with Crippen molar-refractivity contribution in [2.45, 2.75) is 33.2 Å². The number of halogens is 1. The summed E-state index contributed by atoms with van der Waals surface area (Å²) < 4.78 is 0.979. The number of benzene rings is 1. The average molecular weight is 371 g/mol. The number of rotatable bonds is 7. The molecular formula is C16H25BrN3O2+. The first kappa shape index (κ1) is 18.6. The number of nitrogens with one attached hydrogen (secondary N) is 3. The van der Waals surface area contributed by atoms with Crippen LogP contribution in [0.25, 0.3) is 0 Å². The van der Waals surface area contributed by atoms with E-state index < -0.39 is 0 Å². The van der Waals surface area contributed by atoms with Gasteiger partial charge in [0.15, 0.2) is 13.1 Å². The van der Waals surface area contributed by atoms with Gasteiger partial charge in [0, 0.05) is 16.2 Å². The molecule has 0 radical (unpaired) electrons. The highest BCUT2D eigenvalue weighted by molar-refractivity contribution is 9.10. The maximum Gasteiger partial charge on any atom is 0.279 e. The van der Waals surface area contributed by atoms with Gasteiger partial charge >= 0.3 is 0 Å². The molecule has 0 bridgehead atoms. The smallest absolute Gasteiger partial charge is 0.279 e. The van der Waals surface area contributed by atoms with Gasteiger partial charge in [-0.15, -0.1) is 0 Å². The van der Waals surface area contributed by atoms with Crippen LogP contribution in [-0.2, 0) is 9.59 Å². The van der Waals surface area contributed by atoms with Crippen LogP contribution in [0.1, 0.15) is 25.8 Å². The van der Waals surface area contributed by atoms with Gasteiger partial charge in [-0.25, -0.2) is 0 Å². The van der Waals surface area contributed by atoms with Crippen LogP contribution in [0.15, 0.2) is 22.7 Å². The molecule has 0 saturated heterocycles. The van der Waals surface area contributed by atoms with Crippen LogP contribution in [0.5, 0.6) is 0 Å². The Kier molecular flexibility index (Phi) is 7.55. The van der Waals surface area contributed by atoms with E-state index in [2.05, 4.69) is 26.6 Å². The Morgan fingerprint density at radius 2 is 1.91 bits per heavy atom. The van der Waals surface area contributed by atoms with E-state index in [0.717, 1.165) is 27.0 Å². The average Bonchev–Trinajstić information content (AvgIpc) is 2.41. The summed E-state index contributed by atoms with van der Waals surface area (Å²) in [6.45, 7) is 6.48. The van der Waals surface area contributed by atoms with E-state index in [9.17, 15) is 9.59 Å². The molecule has 1 rings (SSSR count). The Labute approximate surface area is 140 Å². The number of carbonyl (C=O) groups is 2. The molecule has 3 N–H and O–H groups in total. The Morgan fingerprint density at radius 1 is 1.27 bits per heavy atom. The number of hydrogen-bond donors (Lipinski definition) is 3. The molecule has 0 aliphatic heterocycles. The van der Waals surface area contributed by atoms with Gasteiger partial charge in [0.1, 0.15) is 0 Å². The highest BCUT2D eigenvalue weighted by atomic mass is 79.9. The molecule has 0 aliphatic rings. The topological polar surface area (TPSA) is 62.6 Å². The summed E-state index contributed by atoms with van der Waals surface area (Å²) in [5, 5.41) is 5.78. The van der Waals surface area contributed by atoms with Crippen molar-refractivity contribution in [3.05, 3.63) is 28.2 Å². The minimum atomic E-state index is -0.0979. The molecule has 2 amide bonds. The van der Waals surface area contributed by atoms with Crippen molar-refractivity contribution in [2.24, 2.45) is 0 Å². The molecule has 22 heavy (non-hydrogen) atoms. The molecule has 0 spiro atoms. The number of aryl methyl sites for hydroxylation is 1. The molecule has 0 fully saturated rings. The highest BCUT2D eigenvalue weighted by Crippen LogP contribution is 2.19. The fourth-order valence-corrected chi connectivity index (χ4v) is 2.48. The number of carbonyl (C=O) groups excluding carboxylic acids is 2. The minimum Gasteiger partial charge on any atom is -0.349 e. The van der Waals surface area contributed by atoms with Gasteiger partial charge in [-0.1, -0.05) is 22.9 Å². The largest absolute Gasteiger partial charge is 0.349 e. The summed E-state index contributed by atoms with van der Waals surface area (Å²) in [4.78, 5) is 24.7. The molecule has 122 valence electrons. The lowest BCUT2D eigenvalue weighted by molar-refractivity contribution is -0.862. The summed E-state index contributed by atoms with van der Waals surface area (Å²) in [6, 6.07) is 5.87. The first-order valence-electron chi connectivity index (χ1n) is 7.48. The van der Waals surface area contributed by atoms with Crippen molar-refractivity contribution in [2.75, 3.05) is 25.5 Å². The third kappa shape index (κ3) is 6.58. The summed E-state index contributed by atoms with van der Waals surface area (Å²) in [5.74, 6) is -0.126. The Balaban J connectivity index is 2.45. The zero-order chi connectivity index (χ0) is 16.7. The highest BCUT2D eigenvalue weighted by Gasteiger charge is 2.15. The second-order valence-electron chi connectivity index (χ2n) is 5.69. The third-order valence-corrected chi connectivity index (χ3v) is 3.90. The van der Waals surface area contributed by atoms with Crippen LogP contribution < -0.4 is 15.5 Å². The quantitative estimate of drug-likeness (QED) is 0.673. The monoisotopic (exact) mass is 370 g/mol. The molecule has 1 unspecified atom stereocenters. The molecule has 0 heterocycles. The van der Waals surface area contributed by atoms with E-state index in [1.165, 1.54) is 0 Å². The Bertz CT molecular complexity index is 534. The van der Waals surface area contributed by atoms with E-state index >= 15 is 0 Å². The first-order chi connectivity index (χ1) is 10.3. The molecule has 0 aromatic heterocycles. The lowest BCUT2D eigenvalue weighted by atomic mass is 10.2. The maximum atomic E-state index is 12.0.